The van der Waals surface area contributed by atoms with Crippen LogP contribution in [0.2, 0.25) is 5.02 Å². The van der Waals surface area contributed by atoms with E-state index in [0.29, 0.717) is 5.02 Å². The molecule has 0 saturated carbocycles. The van der Waals surface area contributed by atoms with Gasteiger partial charge >= 0.3 is 0 Å². The number of rotatable bonds is 5. The van der Waals surface area contributed by atoms with Gasteiger partial charge in [-0.1, -0.05) is 41.9 Å². The lowest BCUT2D eigenvalue weighted by atomic mass is 10.0. The predicted octanol–water partition coefficient (Wildman–Crippen LogP) is 3.65. The van der Waals surface area contributed by atoms with Gasteiger partial charge < -0.3 is 4.74 Å². The molecule has 0 bridgehead atoms. The number of halogens is 1. The minimum atomic E-state index is 0.113. The third kappa shape index (κ3) is 3.89. The van der Waals surface area contributed by atoms with Crippen LogP contribution in [0, 0.1) is 0 Å². The maximum atomic E-state index is 6.31. The summed E-state index contributed by atoms with van der Waals surface area (Å²) in [7, 11) is 0. The molecule has 0 unspecified atom stereocenters. The van der Waals surface area contributed by atoms with E-state index in [1.165, 1.54) is 5.56 Å². The van der Waals surface area contributed by atoms with Crippen molar-refractivity contribution in [3.8, 4) is 5.75 Å². The molecular formula is C19H22ClN3O. The van der Waals surface area contributed by atoms with Gasteiger partial charge in [-0.05, 0) is 43.5 Å². The second-order valence-electron chi connectivity index (χ2n) is 6.20. The van der Waals surface area contributed by atoms with Gasteiger partial charge in [-0.3, -0.25) is 10.0 Å². The van der Waals surface area contributed by atoms with Crippen molar-refractivity contribution in [2.45, 2.75) is 26.4 Å². The monoisotopic (exact) mass is 343 g/mol. The minimum absolute atomic E-state index is 0.113. The van der Waals surface area contributed by atoms with Gasteiger partial charge in [-0.15, -0.1) is 0 Å². The Morgan fingerprint density at radius 1 is 1.17 bits per heavy atom. The summed E-state index contributed by atoms with van der Waals surface area (Å²) in [5.41, 5.74) is 3.43. The Bertz CT molecular complexity index is 741. The van der Waals surface area contributed by atoms with Crippen molar-refractivity contribution in [3.05, 3.63) is 64.2 Å². The van der Waals surface area contributed by atoms with Crippen LogP contribution >= 0.6 is 11.6 Å². The molecule has 0 amide bonds. The van der Waals surface area contributed by atoms with E-state index in [1.807, 2.05) is 26.0 Å². The molecule has 5 heteroatoms. The van der Waals surface area contributed by atoms with Gasteiger partial charge in [0.05, 0.1) is 24.2 Å². The van der Waals surface area contributed by atoms with Gasteiger partial charge in [0.1, 0.15) is 11.6 Å². The molecule has 2 N–H and O–H groups in total. The van der Waals surface area contributed by atoms with E-state index >= 15 is 0 Å². The van der Waals surface area contributed by atoms with Crippen molar-refractivity contribution in [2.75, 3.05) is 13.1 Å². The van der Waals surface area contributed by atoms with Crippen molar-refractivity contribution >= 4 is 17.4 Å². The molecule has 0 spiro atoms. The summed E-state index contributed by atoms with van der Waals surface area (Å²) in [5, 5.41) is 2.35. The zero-order valence-electron chi connectivity index (χ0n) is 14.0. The summed E-state index contributed by atoms with van der Waals surface area (Å²) < 4.78 is 5.67. The van der Waals surface area contributed by atoms with E-state index in [-0.39, 0.29) is 6.10 Å². The number of hydrogen-bond acceptors (Lipinski definition) is 4. The zero-order valence-corrected chi connectivity index (χ0v) is 14.8. The molecule has 3 rings (SSSR count). The molecule has 24 heavy (non-hydrogen) atoms. The number of hydrogen-bond donors (Lipinski definition) is 1. The molecule has 1 heterocycles. The number of hydrazine groups is 1. The Balaban J connectivity index is 1.71. The van der Waals surface area contributed by atoms with Gasteiger partial charge in [0.25, 0.3) is 0 Å². The van der Waals surface area contributed by atoms with Crippen LogP contribution < -0.4 is 10.6 Å². The first-order chi connectivity index (χ1) is 11.5. The van der Waals surface area contributed by atoms with Crippen LogP contribution in [0.15, 0.2) is 47.5 Å². The first-order valence-electron chi connectivity index (χ1n) is 8.14. The predicted molar refractivity (Wildman–Crippen MR) is 98.8 cm³/mol. The zero-order chi connectivity index (χ0) is 17.1. The fourth-order valence-corrected chi connectivity index (χ4v) is 2.98. The molecular weight excluding hydrogens is 322 g/mol. The summed E-state index contributed by atoms with van der Waals surface area (Å²) in [4.78, 5) is 4.43. The molecule has 0 atom stereocenters. The number of nitrogens with two attached hydrogens (primary N) is 1. The van der Waals surface area contributed by atoms with Crippen LogP contribution in [0.25, 0.3) is 0 Å². The number of benzene rings is 2. The van der Waals surface area contributed by atoms with E-state index in [4.69, 9.17) is 22.2 Å². The van der Waals surface area contributed by atoms with Crippen molar-refractivity contribution in [1.82, 2.24) is 5.01 Å². The molecule has 2 aromatic rings. The number of aliphatic imine (C=N–C) groups is 1. The lowest BCUT2D eigenvalue weighted by molar-refractivity contribution is 0.242. The SMILES string of the molecule is CC(C)Oc1ccc(Cc2ccc(C3=NCCN3N)cc2)cc1Cl. The third-order valence-electron chi connectivity index (χ3n) is 3.85. The molecule has 0 saturated heterocycles. The molecule has 0 aromatic heterocycles. The average molecular weight is 344 g/mol. The normalized spacial score (nSPS) is 14.2. The van der Waals surface area contributed by atoms with Gasteiger partial charge in [0.15, 0.2) is 0 Å². The Morgan fingerprint density at radius 3 is 2.46 bits per heavy atom. The highest BCUT2D eigenvalue weighted by Crippen LogP contribution is 2.27. The Kier molecular flexibility index (Phi) is 5.07. The summed E-state index contributed by atoms with van der Waals surface area (Å²) in [5.74, 6) is 7.50. The molecule has 126 valence electrons. The van der Waals surface area contributed by atoms with Gasteiger partial charge in [-0.2, -0.15) is 0 Å². The van der Waals surface area contributed by atoms with Gasteiger partial charge in [-0.25, -0.2) is 5.84 Å². The van der Waals surface area contributed by atoms with Crippen molar-refractivity contribution < 1.29 is 4.74 Å². The van der Waals surface area contributed by atoms with Gasteiger partial charge in [0.2, 0.25) is 0 Å². The van der Waals surface area contributed by atoms with Crippen molar-refractivity contribution in [1.29, 1.82) is 0 Å². The number of amidine groups is 1. The van der Waals surface area contributed by atoms with Gasteiger partial charge in [0, 0.05) is 5.56 Å². The third-order valence-corrected chi connectivity index (χ3v) is 4.15. The van der Waals surface area contributed by atoms with Crippen LogP contribution in [0.1, 0.15) is 30.5 Å². The highest BCUT2D eigenvalue weighted by molar-refractivity contribution is 6.32. The molecule has 1 aliphatic rings. The smallest absolute Gasteiger partial charge is 0.145 e. The molecule has 2 aromatic carbocycles. The standard InChI is InChI=1S/C19H22ClN3O/c1-13(2)24-18-8-5-15(12-17(18)20)11-14-3-6-16(7-4-14)19-22-9-10-23(19)21/h3-8,12-13H,9-11,21H2,1-2H3. The first-order valence-corrected chi connectivity index (χ1v) is 8.52. The number of ether oxygens (including phenoxy) is 1. The average Bonchev–Trinajstić information content (AvgIpc) is 2.97. The summed E-state index contributed by atoms with van der Waals surface area (Å²) in [6, 6.07) is 14.3. The van der Waals surface area contributed by atoms with E-state index < -0.39 is 0 Å². The second-order valence-corrected chi connectivity index (χ2v) is 6.61. The second kappa shape index (κ2) is 7.24. The van der Waals surface area contributed by atoms with E-state index in [9.17, 15) is 0 Å². The molecule has 0 fully saturated rings. The maximum absolute atomic E-state index is 6.31. The number of nitrogens with zero attached hydrogens (tertiary/aromatic N) is 2. The molecule has 0 aliphatic carbocycles. The highest BCUT2D eigenvalue weighted by Gasteiger charge is 2.15. The Morgan fingerprint density at radius 2 is 1.88 bits per heavy atom. The lowest BCUT2D eigenvalue weighted by Crippen LogP contribution is -2.34. The topological polar surface area (TPSA) is 50.8 Å². The van der Waals surface area contributed by atoms with E-state index in [2.05, 4.69) is 35.3 Å². The highest BCUT2D eigenvalue weighted by atomic mass is 35.5. The van der Waals surface area contributed by atoms with Crippen LogP contribution in [0.5, 0.6) is 5.75 Å². The van der Waals surface area contributed by atoms with Crippen molar-refractivity contribution in [3.63, 3.8) is 0 Å². The quantitative estimate of drug-likeness (QED) is 0.843. The molecule has 4 nitrogen and oxygen atoms in total. The van der Waals surface area contributed by atoms with Crippen LogP contribution in [-0.2, 0) is 6.42 Å². The largest absolute Gasteiger partial charge is 0.489 e. The Hall–Kier alpha value is -2.04. The fourth-order valence-electron chi connectivity index (χ4n) is 2.73. The minimum Gasteiger partial charge on any atom is -0.489 e. The van der Waals surface area contributed by atoms with Crippen LogP contribution in [-0.4, -0.2) is 30.0 Å². The summed E-state index contributed by atoms with van der Waals surface area (Å²) in [6.45, 7) is 5.52. The van der Waals surface area contributed by atoms with Crippen LogP contribution in [0.4, 0.5) is 0 Å². The first kappa shape index (κ1) is 16.8. The maximum Gasteiger partial charge on any atom is 0.145 e. The summed E-state index contributed by atoms with van der Waals surface area (Å²) in [6.07, 6.45) is 0.933. The van der Waals surface area contributed by atoms with E-state index in [0.717, 1.165) is 42.2 Å². The molecule has 0 radical (unpaired) electrons. The lowest BCUT2D eigenvalue weighted by Gasteiger charge is -2.14. The Labute approximate surface area is 147 Å². The molecule has 1 aliphatic heterocycles. The fraction of sp³-hybridized carbons (Fsp3) is 0.316. The van der Waals surface area contributed by atoms with Crippen molar-refractivity contribution in [2.24, 2.45) is 10.8 Å². The van der Waals surface area contributed by atoms with Crippen LogP contribution in [0.3, 0.4) is 0 Å². The summed E-state index contributed by atoms with van der Waals surface area (Å²) >= 11 is 6.31. The van der Waals surface area contributed by atoms with E-state index in [1.54, 1.807) is 5.01 Å².